The fourth-order valence-corrected chi connectivity index (χ4v) is 4.75. The van der Waals surface area contributed by atoms with E-state index in [1.54, 1.807) is 0 Å². The van der Waals surface area contributed by atoms with Gasteiger partial charge in [-0.15, -0.1) is 69.8 Å². The predicted octanol–water partition coefficient (Wildman–Crippen LogP) is 11.0. The van der Waals surface area contributed by atoms with Gasteiger partial charge in [-0.3, -0.25) is 0 Å². The van der Waals surface area contributed by atoms with Crippen LogP contribution in [0, 0.1) is 20.8 Å². The Kier molecular flexibility index (Phi) is 17.5. The Bertz CT molecular complexity index is 1350. The van der Waals surface area contributed by atoms with Crippen LogP contribution >= 0.6 is 0 Å². The van der Waals surface area contributed by atoms with E-state index in [1.165, 1.54) is 50.1 Å². The van der Waals surface area contributed by atoms with Crippen molar-refractivity contribution in [1.29, 1.82) is 0 Å². The topological polar surface area (TPSA) is 0 Å². The molecule has 7 rings (SSSR count). The molecule has 0 aliphatic rings. The molecular weight excluding hydrogens is 636 g/mol. The van der Waals surface area contributed by atoms with Crippen molar-refractivity contribution in [2.24, 2.45) is 0 Å². The van der Waals surface area contributed by atoms with Crippen LogP contribution in [0.1, 0.15) is 16.7 Å². The average Bonchev–Trinajstić information content (AvgIpc) is 3.79. The first-order chi connectivity index (χ1) is 19.2. The number of hydrogen-bond acceptors (Lipinski definition) is 0. The molecule has 0 spiro atoms. The van der Waals surface area contributed by atoms with E-state index in [1.807, 2.05) is 91.0 Å². The van der Waals surface area contributed by atoms with Crippen molar-refractivity contribution in [3.8, 4) is 33.4 Å². The summed E-state index contributed by atoms with van der Waals surface area (Å²) < 4.78 is 0. The van der Waals surface area contributed by atoms with Crippen LogP contribution in [-0.4, -0.2) is 0 Å². The second-order valence-corrected chi connectivity index (χ2v) is 9.41. The van der Waals surface area contributed by atoms with Crippen molar-refractivity contribution in [2.75, 3.05) is 0 Å². The summed E-state index contributed by atoms with van der Waals surface area (Å²) in [5.74, 6) is 0. The maximum absolute atomic E-state index is 2.26. The molecule has 7 aromatic rings. The Balaban J connectivity index is 0.000000400. The van der Waals surface area contributed by atoms with Crippen molar-refractivity contribution < 1.29 is 51.2 Å². The van der Waals surface area contributed by atoms with E-state index in [0.29, 0.717) is 0 Å². The van der Waals surface area contributed by atoms with Crippen LogP contribution in [0.4, 0.5) is 0 Å². The largest absolute Gasteiger partial charge is 2.00 e. The van der Waals surface area contributed by atoms with Crippen LogP contribution in [0.2, 0.25) is 0 Å². The quantitative estimate of drug-likeness (QED) is 0.130. The summed E-state index contributed by atoms with van der Waals surface area (Å²) in [7, 11) is 0. The zero-order valence-corrected chi connectivity index (χ0v) is 27.5. The molecule has 0 radical (unpaired) electrons. The summed E-state index contributed by atoms with van der Waals surface area (Å²) in [5, 5.41) is 0. The van der Waals surface area contributed by atoms with E-state index in [2.05, 4.69) is 93.6 Å². The molecule has 0 heterocycles. The SMILES string of the molecule is Cc1c(C)c(-[c-]2cccc2)c(-[c-]2cccc2)c(-[c-]2cccc2)c1C.[Fe+2].[Fe+2].[Fe+2].c1cc[cH-]c1.c1cc[cH-]c1.c1cc[cH-]c1. The Morgan fingerprint density at radius 1 is 0.333 bits per heavy atom. The van der Waals surface area contributed by atoms with Gasteiger partial charge in [-0.05, 0) is 0 Å². The van der Waals surface area contributed by atoms with Gasteiger partial charge in [0, 0.05) is 0 Å². The first kappa shape index (κ1) is 36.9. The fourth-order valence-electron chi connectivity index (χ4n) is 4.75. The van der Waals surface area contributed by atoms with Crippen LogP contribution in [-0.2, 0) is 51.2 Å². The minimum atomic E-state index is 0. The molecular formula is C39H36Fe3. The van der Waals surface area contributed by atoms with Crippen LogP contribution in [0.15, 0.2) is 164 Å². The number of benzene rings is 1. The molecule has 0 saturated heterocycles. The predicted molar refractivity (Wildman–Crippen MR) is 170 cm³/mol. The van der Waals surface area contributed by atoms with E-state index < -0.39 is 0 Å². The van der Waals surface area contributed by atoms with E-state index in [9.17, 15) is 0 Å². The molecule has 0 aliphatic carbocycles. The smallest absolute Gasteiger partial charge is 0.214 e. The van der Waals surface area contributed by atoms with E-state index in [0.717, 1.165) is 0 Å². The molecule has 7 aromatic carbocycles. The Hall–Kier alpha value is -3.12. The molecule has 3 heteroatoms. The van der Waals surface area contributed by atoms with Gasteiger partial charge in [-0.1, -0.05) is 20.8 Å². The average molecular weight is 672 g/mol. The molecule has 0 atom stereocenters. The van der Waals surface area contributed by atoms with Gasteiger partial charge in [0.15, 0.2) is 0 Å². The molecule has 0 aromatic heterocycles. The van der Waals surface area contributed by atoms with Crippen molar-refractivity contribution in [3.05, 3.63) is 180 Å². The molecule has 42 heavy (non-hydrogen) atoms. The third kappa shape index (κ3) is 10.0. The van der Waals surface area contributed by atoms with Crippen LogP contribution in [0.5, 0.6) is 0 Å². The maximum atomic E-state index is 2.26. The van der Waals surface area contributed by atoms with Gasteiger partial charge in [0.25, 0.3) is 0 Å². The van der Waals surface area contributed by atoms with E-state index in [4.69, 9.17) is 0 Å². The van der Waals surface area contributed by atoms with E-state index in [-0.39, 0.29) is 51.2 Å². The Morgan fingerprint density at radius 3 is 0.786 bits per heavy atom. The van der Waals surface area contributed by atoms with Crippen LogP contribution in [0.25, 0.3) is 33.4 Å². The zero-order chi connectivity index (χ0) is 27.3. The van der Waals surface area contributed by atoms with Gasteiger partial charge in [-0.25, -0.2) is 36.4 Å². The van der Waals surface area contributed by atoms with Crippen molar-refractivity contribution in [2.45, 2.75) is 20.8 Å². The van der Waals surface area contributed by atoms with Crippen molar-refractivity contribution in [3.63, 3.8) is 0 Å². The Morgan fingerprint density at radius 2 is 0.571 bits per heavy atom. The molecule has 0 saturated carbocycles. The zero-order valence-electron chi connectivity index (χ0n) is 24.1. The van der Waals surface area contributed by atoms with Gasteiger partial charge in [0.2, 0.25) is 0 Å². The summed E-state index contributed by atoms with van der Waals surface area (Å²) in [6, 6.07) is 56.1. The molecule has 0 fully saturated rings. The Labute approximate surface area is 284 Å². The third-order valence-corrected chi connectivity index (χ3v) is 6.90. The summed E-state index contributed by atoms with van der Waals surface area (Å²) >= 11 is 0. The minimum absolute atomic E-state index is 0. The second-order valence-electron chi connectivity index (χ2n) is 9.41. The first-order valence-electron chi connectivity index (χ1n) is 13.5. The first-order valence-corrected chi connectivity index (χ1v) is 13.5. The standard InChI is InChI=1S/C24H21.3C5H5.3Fe/c1-16-17(2)22(19-10-4-5-11-19)24(21-14-8-9-15-21)23(18(16)3)20-12-6-7-13-20;3*1-2-4-5-3-1;;;/h4-15H,1-3H3;3*1-5H;;;/q-3;3*-1;3*+2. The summed E-state index contributed by atoms with van der Waals surface area (Å²) in [6.45, 7) is 6.76. The minimum Gasteiger partial charge on any atom is -0.214 e. The summed E-state index contributed by atoms with van der Waals surface area (Å²) in [5.41, 5.74) is 12.1. The molecule has 216 valence electrons. The van der Waals surface area contributed by atoms with Gasteiger partial charge >= 0.3 is 51.2 Å². The molecule has 0 aliphatic heterocycles. The van der Waals surface area contributed by atoms with Crippen LogP contribution < -0.4 is 0 Å². The van der Waals surface area contributed by atoms with Gasteiger partial charge in [0.05, 0.1) is 0 Å². The third-order valence-electron chi connectivity index (χ3n) is 6.90. The molecule has 0 nitrogen and oxygen atoms in total. The van der Waals surface area contributed by atoms with Gasteiger partial charge < -0.3 is 0 Å². The molecule has 0 N–H and O–H groups in total. The van der Waals surface area contributed by atoms with Gasteiger partial charge in [-0.2, -0.15) is 108 Å². The second kappa shape index (κ2) is 19.9. The molecule has 0 unspecified atom stereocenters. The monoisotopic (exact) mass is 672 g/mol. The fraction of sp³-hybridized carbons (Fsp3) is 0.0769. The molecule has 0 amide bonds. The number of hydrogen-bond donors (Lipinski definition) is 0. The number of rotatable bonds is 3. The normalized spacial score (nSPS) is 9.21. The molecule has 0 bridgehead atoms. The maximum Gasteiger partial charge on any atom is 2.00 e. The summed E-state index contributed by atoms with van der Waals surface area (Å²) in [4.78, 5) is 0. The van der Waals surface area contributed by atoms with Gasteiger partial charge in [0.1, 0.15) is 0 Å². The van der Waals surface area contributed by atoms with Crippen LogP contribution in [0.3, 0.4) is 0 Å². The summed E-state index contributed by atoms with van der Waals surface area (Å²) in [6.07, 6.45) is 0. The van der Waals surface area contributed by atoms with Crippen molar-refractivity contribution >= 4 is 0 Å². The van der Waals surface area contributed by atoms with E-state index >= 15 is 0 Å². The van der Waals surface area contributed by atoms with Crippen molar-refractivity contribution in [1.82, 2.24) is 0 Å².